The highest BCUT2D eigenvalue weighted by Crippen LogP contribution is 2.45. The summed E-state index contributed by atoms with van der Waals surface area (Å²) < 4.78 is 16.4. The molecule has 1 aliphatic heterocycles. The zero-order valence-electron chi connectivity index (χ0n) is 15.9. The summed E-state index contributed by atoms with van der Waals surface area (Å²) in [5, 5.41) is 14.5. The summed E-state index contributed by atoms with van der Waals surface area (Å²) in [6.45, 7) is 0. The second-order valence-corrected chi connectivity index (χ2v) is 7.79. The van der Waals surface area contributed by atoms with E-state index in [0.717, 1.165) is 5.56 Å². The third kappa shape index (κ3) is 2.86. The SMILES string of the molecule is COc1ccc(-c2coc3c4c(cc(O)c3c2=O)OC(=O)CC4c2ccsc2)cc1. The summed E-state index contributed by atoms with van der Waals surface area (Å²) in [5.41, 5.74) is 2.37. The molecule has 0 saturated carbocycles. The lowest BCUT2D eigenvalue weighted by Gasteiger charge is -2.25. The van der Waals surface area contributed by atoms with E-state index < -0.39 is 5.97 Å². The van der Waals surface area contributed by atoms with Gasteiger partial charge in [0, 0.05) is 17.5 Å². The van der Waals surface area contributed by atoms with Crippen molar-refractivity contribution in [1.29, 1.82) is 0 Å². The molecule has 2 aromatic heterocycles. The average molecular weight is 420 g/mol. The van der Waals surface area contributed by atoms with Crippen LogP contribution in [0, 0.1) is 0 Å². The van der Waals surface area contributed by atoms with Crippen LogP contribution >= 0.6 is 11.3 Å². The Morgan fingerprint density at radius 2 is 1.97 bits per heavy atom. The largest absolute Gasteiger partial charge is 0.507 e. The van der Waals surface area contributed by atoms with Gasteiger partial charge in [0.1, 0.15) is 34.5 Å². The quantitative estimate of drug-likeness (QED) is 0.383. The Labute approximate surface area is 174 Å². The van der Waals surface area contributed by atoms with E-state index in [1.54, 1.807) is 31.4 Å². The van der Waals surface area contributed by atoms with E-state index in [1.165, 1.54) is 23.7 Å². The molecule has 4 aromatic rings. The molecule has 30 heavy (non-hydrogen) atoms. The maximum Gasteiger partial charge on any atom is 0.312 e. The number of fused-ring (bicyclic) bond motifs is 3. The number of esters is 1. The standard InChI is InChI=1S/C23H16O6S/c1-27-14-4-2-12(3-5-14)16-10-28-23-20-15(13-6-7-30-11-13)8-19(25)29-18(20)9-17(24)21(23)22(16)26/h2-7,9-11,15,24H,8H2,1H3. The molecule has 5 rings (SSSR count). The Morgan fingerprint density at radius 1 is 1.17 bits per heavy atom. The fourth-order valence-electron chi connectivity index (χ4n) is 3.86. The second kappa shape index (κ2) is 7.03. The fraction of sp³-hybridized carbons (Fsp3) is 0.130. The molecule has 0 amide bonds. The Bertz CT molecular complexity index is 1320. The Hall–Kier alpha value is -3.58. The molecule has 1 aliphatic rings. The minimum absolute atomic E-state index is 0.0697. The number of phenols is 1. The van der Waals surface area contributed by atoms with E-state index in [-0.39, 0.29) is 40.2 Å². The van der Waals surface area contributed by atoms with E-state index >= 15 is 0 Å². The number of thiophene rings is 1. The van der Waals surface area contributed by atoms with Gasteiger partial charge >= 0.3 is 5.97 Å². The van der Waals surface area contributed by atoms with Crippen molar-refractivity contribution < 1.29 is 23.8 Å². The number of carbonyl (C=O) groups is 1. The number of aromatic hydroxyl groups is 1. The van der Waals surface area contributed by atoms with Gasteiger partial charge in [-0.1, -0.05) is 12.1 Å². The van der Waals surface area contributed by atoms with Crippen LogP contribution in [0.5, 0.6) is 17.2 Å². The zero-order chi connectivity index (χ0) is 20.8. The maximum atomic E-state index is 13.3. The zero-order valence-corrected chi connectivity index (χ0v) is 16.7. The lowest BCUT2D eigenvalue weighted by molar-refractivity contribution is -0.135. The molecule has 0 radical (unpaired) electrons. The number of ether oxygens (including phenoxy) is 2. The fourth-order valence-corrected chi connectivity index (χ4v) is 4.57. The van der Waals surface area contributed by atoms with Gasteiger partial charge in [-0.25, -0.2) is 0 Å². The second-order valence-electron chi connectivity index (χ2n) is 7.01. The van der Waals surface area contributed by atoms with Crippen molar-refractivity contribution in [2.24, 2.45) is 0 Å². The first-order chi connectivity index (χ1) is 14.6. The summed E-state index contributed by atoms with van der Waals surface area (Å²) in [7, 11) is 1.57. The number of rotatable bonds is 3. The third-order valence-electron chi connectivity index (χ3n) is 5.32. The Balaban J connectivity index is 1.75. The molecule has 0 spiro atoms. The summed E-state index contributed by atoms with van der Waals surface area (Å²) in [5.74, 6) is -0.110. The summed E-state index contributed by atoms with van der Waals surface area (Å²) in [4.78, 5) is 25.4. The summed E-state index contributed by atoms with van der Waals surface area (Å²) >= 11 is 1.52. The molecule has 3 heterocycles. The molecular weight excluding hydrogens is 404 g/mol. The van der Waals surface area contributed by atoms with Gasteiger partial charge in [-0.2, -0.15) is 11.3 Å². The molecular formula is C23H16O6S. The predicted molar refractivity (Wildman–Crippen MR) is 113 cm³/mol. The lowest BCUT2D eigenvalue weighted by Crippen LogP contribution is -2.21. The van der Waals surface area contributed by atoms with E-state index in [2.05, 4.69) is 0 Å². The molecule has 0 bridgehead atoms. The van der Waals surface area contributed by atoms with Crippen LogP contribution in [-0.2, 0) is 4.79 Å². The van der Waals surface area contributed by atoms with Crippen LogP contribution in [0.2, 0.25) is 0 Å². The Kier molecular flexibility index (Phi) is 4.33. The first kappa shape index (κ1) is 18.4. The number of methoxy groups -OCH3 is 1. The van der Waals surface area contributed by atoms with Crippen LogP contribution in [0.25, 0.3) is 22.1 Å². The molecule has 0 aliphatic carbocycles. The average Bonchev–Trinajstić information content (AvgIpc) is 3.28. The van der Waals surface area contributed by atoms with Crippen molar-refractivity contribution in [2.45, 2.75) is 12.3 Å². The van der Waals surface area contributed by atoms with Gasteiger partial charge < -0.3 is 19.0 Å². The van der Waals surface area contributed by atoms with E-state index in [0.29, 0.717) is 22.4 Å². The molecule has 150 valence electrons. The summed E-state index contributed by atoms with van der Waals surface area (Å²) in [6.07, 6.45) is 1.51. The molecule has 1 N–H and O–H groups in total. The minimum Gasteiger partial charge on any atom is -0.507 e. The molecule has 0 fully saturated rings. The van der Waals surface area contributed by atoms with Crippen LogP contribution in [0.15, 0.2) is 62.6 Å². The van der Waals surface area contributed by atoms with E-state index in [4.69, 9.17) is 13.9 Å². The van der Waals surface area contributed by atoms with Crippen molar-refractivity contribution in [3.05, 3.63) is 74.8 Å². The molecule has 1 unspecified atom stereocenters. The van der Waals surface area contributed by atoms with Gasteiger partial charge in [0.05, 0.1) is 19.1 Å². The monoisotopic (exact) mass is 420 g/mol. The molecule has 7 heteroatoms. The van der Waals surface area contributed by atoms with Gasteiger partial charge in [-0.05, 0) is 40.1 Å². The first-order valence-electron chi connectivity index (χ1n) is 9.25. The number of benzene rings is 2. The van der Waals surface area contributed by atoms with Gasteiger partial charge in [0.2, 0.25) is 5.43 Å². The predicted octanol–water partition coefficient (Wildman–Crippen LogP) is 4.68. The van der Waals surface area contributed by atoms with Crippen LogP contribution in [0.4, 0.5) is 0 Å². The maximum absolute atomic E-state index is 13.3. The first-order valence-corrected chi connectivity index (χ1v) is 10.2. The number of hydrogen-bond donors (Lipinski definition) is 1. The highest BCUT2D eigenvalue weighted by Gasteiger charge is 2.33. The third-order valence-corrected chi connectivity index (χ3v) is 6.02. The van der Waals surface area contributed by atoms with Crippen molar-refractivity contribution in [2.75, 3.05) is 7.11 Å². The summed E-state index contributed by atoms with van der Waals surface area (Å²) in [6, 6.07) is 10.3. The van der Waals surface area contributed by atoms with Gasteiger partial charge in [-0.3, -0.25) is 9.59 Å². The lowest BCUT2D eigenvalue weighted by atomic mass is 9.86. The minimum atomic E-state index is -0.394. The van der Waals surface area contributed by atoms with Gasteiger partial charge in [0.15, 0.2) is 0 Å². The Morgan fingerprint density at radius 3 is 2.67 bits per heavy atom. The smallest absolute Gasteiger partial charge is 0.312 e. The van der Waals surface area contributed by atoms with Crippen molar-refractivity contribution in [3.63, 3.8) is 0 Å². The highest BCUT2D eigenvalue weighted by molar-refractivity contribution is 7.08. The number of hydrogen-bond acceptors (Lipinski definition) is 7. The van der Waals surface area contributed by atoms with Crippen LogP contribution in [0.1, 0.15) is 23.5 Å². The van der Waals surface area contributed by atoms with E-state index in [1.807, 2.05) is 16.8 Å². The normalized spacial score (nSPS) is 15.6. The van der Waals surface area contributed by atoms with Crippen LogP contribution < -0.4 is 14.9 Å². The van der Waals surface area contributed by atoms with Crippen LogP contribution in [-0.4, -0.2) is 18.2 Å². The molecule has 0 saturated heterocycles. The highest BCUT2D eigenvalue weighted by atomic mass is 32.1. The van der Waals surface area contributed by atoms with E-state index in [9.17, 15) is 14.7 Å². The molecule has 6 nitrogen and oxygen atoms in total. The van der Waals surface area contributed by atoms with Crippen molar-refractivity contribution in [3.8, 4) is 28.4 Å². The topological polar surface area (TPSA) is 86.0 Å². The van der Waals surface area contributed by atoms with Crippen LogP contribution in [0.3, 0.4) is 0 Å². The van der Waals surface area contributed by atoms with Crippen molar-refractivity contribution in [1.82, 2.24) is 0 Å². The van der Waals surface area contributed by atoms with Crippen molar-refractivity contribution >= 4 is 28.3 Å². The van der Waals surface area contributed by atoms with Gasteiger partial charge in [0.25, 0.3) is 0 Å². The molecule has 2 aromatic carbocycles. The van der Waals surface area contributed by atoms with Gasteiger partial charge in [-0.15, -0.1) is 0 Å². The number of phenolic OH excluding ortho intramolecular Hbond substituents is 1. The molecule has 1 atom stereocenters. The number of carbonyl (C=O) groups excluding carboxylic acids is 1.